The van der Waals surface area contributed by atoms with Gasteiger partial charge in [0.25, 0.3) is 0 Å². The number of hydrogen-bond donors (Lipinski definition) is 1. The van der Waals surface area contributed by atoms with Gasteiger partial charge < -0.3 is 19.5 Å². The monoisotopic (exact) mass is 585 g/mol. The van der Waals surface area contributed by atoms with Gasteiger partial charge in [-0.3, -0.25) is 0 Å². The Morgan fingerprint density at radius 3 is 2.08 bits per heavy atom. The van der Waals surface area contributed by atoms with Crippen molar-refractivity contribution < 1.29 is 19.0 Å². The second-order valence-electron chi connectivity index (χ2n) is 9.76. The number of hydrogen-bond acceptors (Lipinski definition) is 5. The zero-order valence-corrected chi connectivity index (χ0v) is 23.5. The van der Waals surface area contributed by atoms with Crippen molar-refractivity contribution in [3.63, 3.8) is 0 Å². The first-order valence-corrected chi connectivity index (χ1v) is 13.9. The Labute approximate surface area is 238 Å². The van der Waals surface area contributed by atoms with E-state index in [9.17, 15) is 4.79 Å². The fourth-order valence-electron chi connectivity index (χ4n) is 4.85. The molecule has 6 heteroatoms. The van der Waals surface area contributed by atoms with E-state index in [1.54, 1.807) is 7.11 Å². The average Bonchev–Trinajstić information content (AvgIpc) is 3.84. The predicted molar refractivity (Wildman–Crippen MR) is 156 cm³/mol. The third kappa shape index (κ3) is 6.52. The SMILES string of the molecule is COc1ccc(N[C@@H](c2ccccc2)[C@@](OCc2ccc(Br)cc2)(C(=O)OCc2ccccc2)C2CC2)cc1. The maximum atomic E-state index is 14.3. The molecule has 2 atom stereocenters. The largest absolute Gasteiger partial charge is 0.497 e. The molecule has 0 aromatic heterocycles. The van der Waals surface area contributed by atoms with Crippen LogP contribution >= 0.6 is 15.9 Å². The highest BCUT2D eigenvalue weighted by Crippen LogP contribution is 2.51. The van der Waals surface area contributed by atoms with Gasteiger partial charge in [-0.2, -0.15) is 0 Å². The molecule has 39 heavy (non-hydrogen) atoms. The highest BCUT2D eigenvalue weighted by atomic mass is 79.9. The summed E-state index contributed by atoms with van der Waals surface area (Å²) in [5, 5.41) is 3.64. The molecular weight excluding hydrogens is 554 g/mol. The summed E-state index contributed by atoms with van der Waals surface area (Å²) < 4.78 is 19.2. The van der Waals surface area contributed by atoms with Gasteiger partial charge in [0.2, 0.25) is 0 Å². The van der Waals surface area contributed by atoms with E-state index in [1.165, 1.54) is 0 Å². The van der Waals surface area contributed by atoms with Gasteiger partial charge in [0, 0.05) is 16.1 Å². The summed E-state index contributed by atoms with van der Waals surface area (Å²) in [5.41, 5.74) is 2.48. The molecular formula is C33H32BrNO4. The van der Waals surface area contributed by atoms with Crippen molar-refractivity contribution in [3.8, 4) is 5.75 Å². The number of rotatable bonds is 12. The lowest BCUT2D eigenvalue weighted by molar-refractivity contribution is -0.183. The van der Waals surface area contributed by atoms with Crippen LogP contribution in [0.4, 0.5) is 5.69 Å². The molecule has 5 rings (SSSR count). The zero-order chi connectivity index (χ0) is 27.1. The van der Waals surface area contributed by atoms with Crippen LogP contribution in [-0.4, -0.2) is 18.7 Å². The summed E-state index contributed by atoms with van der Waals surface area (Å²) in [4.78, 5) is 14.3. The topological polar surface area (TPSA) is 56.8 Å². The van der Waals surface area contributed by atoms with Crippen molar-refractivity contribution in [2.75, 3.05) is 12.4 Å². The molecule has 4 aromatic rings. The molecule has 0 amide bonds. The number of anilines is 1. The van der Waals surface area contributed by atoms with Gasteiger partial charge in [-0.1, -0.05) is 88.7 Å². The number of methoxy groups -OCH3 is 1. The van der Waals surface area contributed by atoms with E-state index < -0.39 is 11.6 Å². The van der Waals surface area contributed by atoms with Crippen molar-refractivity contribution >= 4 is 27.6 Å². The number of benzene rings is 4. The molecule has 0 aliphatic heterocycles. The van der Waals surface area contributed by atoms with E-state index in [0.717, 1.165) is 45.4 Å². The summed E-state index contributed by atoms with van der Waals surface area (Å²) in [7, 11) is 1.64. The van der Waals surface area contributed by atoms with Crippen LogP contribution in [0.3, 0.4) is 0 Å². The van der Waals surface area contributed by atoms with E-state index >= 15 is 0 Å². The van der Waals surface area contributed by atoms with Crippen molar-refractivity contribution in [2.45, 2.75) is 37.7 Å². The molecule has 0 bridgehead atoms. The Bertz CT molecular complexity index is 1340. The van der Waals surface area contributed by atoms with E-state index in [-0.39, 0.29) is 25.1 Å². The Hall–Kier alpha value is -3.61. The van der Waals surface area contributed by atoms with E-state index in [4.69, 9.17) is 14.2 Å². The molecule has 1 N–H and O–H groups in total. The average molecular weight is 587 g/mol. The minimum absolute atomic E-state index is 0.00664. The lowest BCUT2D eigenvalue weighted by atomic mass is 9.83. The maximum Gasteiger partial charge on any atom is 0.341 e. The molecule has 0 unspecified atom stereocenters. The number of halogens is 1. The molecule has 0 spiro atoms. The molecule has 0 radical (unpaired) electrons. The van der Waals surface area contributed by atoms with Gasteiger partial charge in [-0.05, 0) is 65.9 Å². The maximum absolute atomic E-state index is 14.3. The van der Waals surface area contributed by atoms with Gasteiger partial charge in [0.05, 0.1) is 19.8 Å². The first kappa shape index (κ1) is 27.0. The second kappa shape index (κ2) is 12.5. The first-order valence-electron chi connectivity index (χ1n) is 13.1. The molecule has 4 aromatic carbocycles. The minimum Gasteiger partial charge on any atom is -0.497 e. The number of carbonyl (C=O) groups is 1. The fourth-order valence-corrected chi connectivity index (χ4v) is 5.11. The third-order valence-electron chi connectivity index (χ3n) is 7.07. The van der Waals surface area contributed by atoms with Crippen LogP contribution in [0.5, 0.6) is 5.75 Å². The molecule has 1 saturated carbocycles. The Morgan fingerprint density at radius 2 is 1.46 bits per heavy atom. The van der Waals surface area contributed by atoms with Gasteiger partial charge in [0.15, 0.2) is 5.60 Å². The van der Waals surface area contributed by atoms with Crippen LogP contribution in [0, 0.1) is 5.92 Å². The van der Waals surface area contributed by atoms with Gasteiger partial charge >= 0.3 is 5.97 Å². The quantitative estimate of drug-likeness (QED) is 0.172. The number of carbonyl (C=O) groups excluding carboxylic acids is 1. The third-order valence-corrected chi connectivity index (χ3v) is 7.60. The lowest BCUT2D eigenvalue weighted by Crippen LogP contribution is -2.52. The van der Waals surface area contributed by atoms with E-state index in [2.05, 4.69) is 21.2 Å². The molecule has 1 aliphatic rings. The standard InChI is InChI=1S/C33H32BrNO4/c1-37-30-20-18-29(19-21-30)35-31(26-10-6-3-7-11-26)33(27-14-15-27,39-23-25-12-16-28(34)17-13-25)32(36)38-22-24-8-4-2-5-9-24/h2-13,16-21,27,31,35H,14-15,22-23H2,1H3/t31-,33+/m0/s1. The van der Waals surface area contributed by atoms with Crippen molar-refractivity contribution in [1.29, 1.82) is 0 Å². The lowest BCUT2D eigenvalue weighted by Gasteiger charge is -2.40. The summed E-state index contributed by atoms with van der Waals surface area (Å²) in [6.07, 6.45) is 1.77. The van der Waals surface area contributed by atoms with E-state index in [0.29, 0.717) is 0 Å². The Morgan fingerprint density at radius 1 is 0.846 bits per heavy atom. The van der Waals surface area contributed by atoms with Crippen molar-refractivity contribution in [3.05, 3.63) is 130 Å². The van der Waals surface area contributed by atoms with Crippen LogP contribution in [-0.2, 0) is 27.5 Å². The summed E-state index contributed by atoms with van der Waals surface area (Å²) in [6, 6.07) is 35.0. The number of nitrogens with one attached hydrogen (secondary N) is 1. The highest BCUT2D eigenvalue weighted by molar-refractivity contribution is 9.10. The molecule has 0 saturated heterocycles. The fraction of sp³-hybridized carbons (Fsp3) is 0.242. The summed E-state index contributed by atoms with van der Waals surface area (Å²) in [5.74, 6) is 0.409. The van der Waals surface area contributed by atoms with Crippen LogP contribution in [0.1, 0.15) is 35.6 Å². The molecule has 200 valence electrons. The Kier molecular flexibility index (Phi) is 8.64. The van der Waals surface area contributed by atoms with Crippen molar-refractivity contribution in [1.82, 2.24) is 0 Å². The minimum atomic E-state index is -1.25. The highest BCUT2D eigenvalue weighted by Gasteiger charge is 2.59. The molecule has 5 nitrogen and oxygen atoms in total. The van der Waals surface area contributed by atoms with Crippen molar-refractivity contribution in [2.24, 2.45) is 5.92 Å². The first-order chi connectivity index (χ1) is 19.1. The van der Waals surface area contributed by atoms with Gasteiger partial charge in [-0.25, -0.2) is 4.79 Å². The zero-order valence-electron chi connectivity index (χ0n) is 21.9. The smallest absolute Gasteiger partial charge is 0.341 e. The summed E-state index contributed by atoms with van der Waals surface area (Å²) >= 11 is 3.50. The van der Waals surface area contributed by atoms with Crippen LogP contribution in [0.15, 0.2) is 114 Å². The molecule has 0 heterocycles. The molecule has 1 aliphatic carbocycles. The number of ether oxygens (including phenoxy) is 3. The summed E-state index contributed by atoms with van der Waals surface area (Å²) in [6.45, 7) is 0.456. The van der Waals surface area contributed by atoms with Crippen LogP contribution < -0.4 is 10.1 Å². The number of esters is 1. The van der Waals surface area contributed by atoms with E-state index in [1.807, 2.05) is 109 Å². The predicted octanol–water partition coefficient (Wildman–Crippen LogP) is 7.72. The molecule has 1 fully saturated rings. The van der Waals surface area contributed by atoms with Gasteiger partial charge in [0.1, 0.15) is 12.4 Å². The normalized spacial score (nSPS) is 15.1. The van der Waals surface area contributed by atoms with Gasteiger partial charge in [-0.15, -0.1) is 0 Å². The van der Waals surface area contributed by atoms with Crippen LogP contribution in [0.25, 0.3) is 0 Å². The van der Waals surface area contributed by atoms with Crippen LogP contribution in [0.2, 0.25) is 0 Å². The Balaban J connectivity index is 1.54. The second-order valence-corrected chi connectivity index (χ2v) is 10.7.